The molecule has 1 aromatic heterocycles. The Balaban J connectivity index is 0.00000225. The number of esters is 1. The molecule has 0 bridgehead atoms. The van der Waals surface area contributed by atoms with Gasteiger partial charge in [-0.2, -0.15) is 0 Å². The molecule has 0 fully saturated rings. The van der Waals surface area contributed by atoms with E-state index in [9.17, 15) is 4.79 Å². The average molecular weight is 265 g/mol. The number of hydrogen-bond acceptors (Lipinski definition) is 5. The van der Waals surface area contributed by atoms with Gasteiger partial charge in [-0.1, -0.05) is 6.92 Å². The first-order valence-corrected chi connectivity index (χ1v) is 5.76. The summed E-state index contributed by atoms with van der Waals surface area (Å²) >= 11 is 1.43. The summed E-state index contributed by atoms with van der Waals surface area (Å²) in [5, 5.41) is 4.04. The summed E-state index contributed by atoms with van der Waals surface area (Å²) < 4.78 is 4.71. The molecule has 1 heterocycles. The van der Waals surface area contributed by atoms with Crippen molar-refractivity contribution in [2.75, 3.05) is 20.7 Å². The van der Waals surface area contributed by atoms with Crippen molar-refractivity contribution < 1.29 is 9.53 Å². The lowest BCUT2D eigenvalue weighted by Crippen LogP contribution is -2.10. The zero-order chi connectivity index (χ0) is 11.3. The van der Waals surface area contributed by atoms with E-state index in [2.05, 4.69) is 10.3 Å². The Labute approximate surface area is 106 Å². The minimum Gasteiger partial charge on any atom is -0.465 e. The first-order chi connectivity index (χ1) is 7.22. The van der Waals surface area contributed by atoms with E-state index < -0.39 is 0 Å². The smallest absolute Gasteiger partial charge is 0.349 e. The molecule has 0 aromatic carbocycles. The predicted octanol–water partition coefficient (Wildman–Crippen LogP) is 1.68. The van der Waals surface area contributed by atoms with E-state index in [0.29, 0.717) is 4.88 Å². The zero-order valence-electron chi connectivity index (χ0n) is 9.70. The summed E-state index contributed by atoms with van der Waals surface area (Å²) in [6.07, 6.45) is 1.62. The van der Waals surface area contributed by atoms with Crippen LogP contribution in [0.25, 0.3) is 0 Å². The van der Waals surface area contributed by atoms with Crippen LogP contribution in [-0.2, 0) is 17.6 Å². The van der Waals surface area contributed by atoms with Crippen molar-refractivity contribution in [3.63, 3.8) is 0 Å². The summed E-state index contributed by atoms with van der Waals surface area (Å²) in [6.45, 7) is 2.86. The summed E-state index contributed by atoms with van der Waals surface area (Å²) in [4.78, 5) is 16.5. The lowest BCUT2D eigenvalue weighted by Gasteiger charge is -1.95. The van der Waals surface area contributed by atoms with Gasteiger partial charge in [0.15, 0.2) is 0 Å². The van der Waals surface area contributed by atoms with Crippen molar-refractivity contribution >= 4 is 29.7 Å². The molecule has 6 heteroatoms. The predicted molar refractivity (Wildman–Crippen MR) is 67.7 cm³/mol. The zero-order valence-corrected chi connectivity index (χ0v) is 11.3. The molecule has 0 radical (unpaired) electrons. The number of hydrogen-bond donors (Lipinski definition) is 1. The fourth-order valence-electron chi connectivity index (χ4n) is 1.23. The molecule has 92 valence electrons. The monoisotopic (exact) mass is 264 g/mol. The number of carbonyl (C=O) groups is 1. The van der Waals surface area contributed by atoms with Crippen molar-refractivity contribution in [1.29, 1.82) is 0 Å². The van der Waals surface area contributed by atoms with Crippen LogP contribution in [0.4, 0.5) is 0 Å². The molecule has 0 aliphatic rings. The normalized spacial score (nSPS) is 9.69. The fourth-order valence-corrected chi connectivity index (χ4v) is 2.30. The molecule has 0 atom stereocenters. The number of rotatable bonds is 5. The Kier molecular flexibility index (Phi) is 7.29. The van der Waals surface area contributed by atoms with Gasteiger partial charge in [0.1, 0.15) is 4.88 Å². The van der Waals surface area contributed by atoms with E-state index in [1.165, 1.54) is 18.4 Å². The number of likely N-dealkylation sites (N-methyl/N-ethyl adjacent to an activating group) is 1. The molecule has 16 heavy (non-hydrogen) atoms. The average Bonchev–Trinajstić information content (AvgIpc) is 2.68. The van der Waals surface area contributed by atoms with Crippen LogP contribution in [0.15, 0.2) is 0 Å². The van der Waals surface area contributed by atoms with Crippen molar-refractivity contribution in [3.05, 3.63) is 15.6 Å². The van der Waals surface area contributed by atoms with E-state index in [0.717, 1.165) is 30.1 Å². The lowest BCUT2D eigenvalue weighted by atomic mass is 10.3. The van der Waals surface area contributed by atoms with Gasteiger partial charge >= 0.3 is 5.97 Å². The summed E-state index contributed by atoms with van der Waals surface area (Å²) in [5.74, 6) is -0.278. The lowest BCUT2D eigenvalue weighted by molar-refractivity contribution is 0.0605. The maximum absolute atomic E-state index is 11.4. The van der Waals surface area contributed by atoms with E-state index >= 15 is 0 Å². The van der Waals surface area contributed by atoms with Gasteiger partial charge in [0, 0.05) is 13.0 Å². The number of methoxy groups -OCH3 is 1. The topological polar surface area (TPSA) is 51.2 Å². The minimum absolute atomic E-state index is 0. The molecule has 0 unspecified atom stereocenters. The van der Waals surface area contributed by atoms with Crippen molar-refractivity contribution in [1.82, 2.24) is 10.3 Å². The van der Waals surface area contributed by atoms with Crippen molar-refractivity contribution in [2.24, 2.45) is 0 Å². The first kappa shape index (κ1) is 15.3. The van der Waals surface area contributed by atoms with Crippen LogP contribution >= 0.6 is 23.7 Å². The van der Waals surface area contributed by atoms with Crippen LogP contribution in [0.1, 0.15) is 27.3 Å². The van der Waals surface area contributed by atoms with Crippen molar-refractivity contribution in [2.45, 2.75) is 19.8 Å². The molecule has 0 aliphatic heterocycles. The molecule has 4 nitrogen and oxygen atoms in total. The van der Waals surface area contributed by atoms with Crippen LogP contribution in [0.5, 0.6) is 0 Å². The van der Waals surface area contributed by atoms with E-state index in [1.807, 2.05) is 14.0 Å². The number of aromatic nitrogens is 1. The maximum atomic E-state index is 11.4. The molecule has 1 N–H and O–H groups in total. The third-order valence-corrected chi connectivity index (χ3v) is 3.17. The SMILES string of the molecule is CCc1nc(CCNC)sc1C(=O)OC.Cl. The summed E-state index contributed by atoms with van der Waals surface area (Å²) in [6, 6.07) is 0. The second kappa shape index (κ2) is 7.60. The van der Waals surface area contributed by atoms with Crippen LogP contribution in [-0.4, -0.2) is 31.7 Å². The second-order valence-corrected chi connectivity index (χ2v) is 4.17. The van der Waals surface area contributed by atoms with Crippen LogP contribution in [0.3, 0.4) is 0 Å². The number of carbonyl (C=O) groups excluding carboxylic acids is 1. The van der Waals surface area contributed by atoms with Gasteiger partial charge in [0.2, 0.25) is 0 Å². The Bertz CT molecular complexity index is 342. The van der Waals surface area contributed by atoms with E-state index in [4.69, 9.17) is 4.74 Å². The van der Waals surface area contributed by atoms with Gasteiger partial charge in [0.05, 0.1) is 17.8 Å². The van der Waals surface area contributed by atoms with Gasteiger partial charge in [-0.3, -0.25) is 0 Å². The second-order valence-electron chi connectivity index (χ2n) is 3.08. The number of nitrogens with one attached hydrogen (secondary N) is 1. The number of thiazole rings is 1. The Hall–Kier alpha value is -0.650. The first-order valence-electron chi connectivity index (χ1n) is 4.94. The quantitative estimate of drug-likeness (QED) is 0.822. The van der Waals surface area contributed by atoms with Crippen LogP contribution in [0.2, 0.25) is 0 Å². The number of ether oxygens (including phenoxy) is 1. The standard InChI is InChI=1S/C10H16N2O2S.ClH/c1-4-7-9(10(13)14-3)15-8(12-7)5-6-11-2;/h11H,4-6H2,1-3H3;1H. The molecule has 0 saturated carbocycles. The Morgan fingerprint density at radius 1 is 1.56 bits per heavy atom. The minimum atomic E-state index is -0.278. The highest BCUT2D eigenvalue weighted by molar-refractivity contribution is 7.13. The maximum Gasteiger partial charge on any atom is 0.349 e. The van der Waals surface area contributed by atoms with Gasteiger partial charge in [-0.15, -0.1) is 23.7 Å². The van der Waals surface area contributed by atoms with Crippen LogP contribution < -0.4 is 5.32 Å². The number of aryl methyl sites for hydroxylation is 1. The van der Waals surface area contributed by atoms with Gasteiger partial charge in [-0.25, -0.2) is 9.78 Å². The van der Waals surface area contributed by atoms with Gasteiger partial charge in [0.25, 0.3) is 0 Å². The van der Waals surface area contributed by atoms with E-state index in [1.54, 1.807) is 0 Å². The highest BCUT2D eigenvalue weighted by Crippen LogP contribution is 2.20. The molecule has 0 amide bonds. The molecule has 1 rings (SSSR count). The molecule has 0 spiro atoms. The third kappa shape index (κ3) is 3.73. The van der Waals surface area contributed by atoms with Gasteiger partial charge < -0.3 is 10.1 Å². The third-order valence-electron chi connectivity index (χ3n) is 2.04. The fraction of sp³-hybridized carbons (Fsp3) is 0.600. The largest absolute Gasteiger partial charge is 0.465 e. The molecular weight excluding hydrogens is 248 g/mol. The molecule has 0 aliphatic carbocycles. The van der Waals surface area contributed by atoms with E-state index in [-0.39, 0.29) is 18.4 Å². The molecule has 1 aromatic rings. The number of nitrogens with zero attached hydrogens (tertiary/aromatic N) is 1. The highest BCUT2D eigenvalue weighted by atomic mass is 35.5. The molecule has 0 saturated heterocycles. The Morgan fingerprint density at radius 3 is 2.75 bits per heavy atom. The number of halogens is 1. The van der Waals surface area contributed by atoms with Gasteiger partial charge in [-0.05, 0) is 13.5 Å². The van der Waals surface area contributed by atoms with Crippen LogP contribution in [0, 0.1) is 0 Å². The Morgan fingerprint density at radius 2 is 2.25 bits per heavy atom. The molecular formula is C10H17ClN2O2S. The summed E-state index contributed by atoms with van der Waals surface area (Å²) in [7, 11) is 3.30. The van der Waals surface area contributed by atoms with Crippen molar-refractivity contribution in [3.8, 4) is 0 Å². The highest BCUT2D eigenvalue weighted by Gasteiger charge is 2.16. The summed E-state index contributed by atoms with van der Waals surface area (Å²) in [5.41, 5.74) is 0.845.